The largest absolute Gasteiger partial charge is 0.449 e. The molecule has 2 aliphatic carbocycles. The molecule has 2 bridgehead atoms. The van der Waals surface area contributed by atoms with Crippen LogP contribution in [-0.2, 0) is 9.47 Å². The number of hydrogen-bond donors (Lipinski definition) is 1. The van der Waals surface area contributed by atoms with Gasteiger partial charge in [-0.05, 0) is 31.6 Å². The van der Waals surface area contributed by atoms with Crippen LogP contribution < -0.4 is 5.32 Å². The van der Waals surface area contributed by atoms with Crippen molar-refractivity contribution in [3.8, 4) is 0 Å². The van der Waals surface area contributed by atoms with Gasteiger partial charge in [0.15, 0.2) is 0 Å². The molecule has 3 rings (SSSR count). The van der Waals surface area contributed by atoms with E-state index >= 15 is 0 Å². The summed E-state index contributed by atoms with van der Waals surface area (Å²) in [6, 6.07) is 0.280. The van der Waals surface area contributed by atoms with Gasteiger partial charge in [-0.2, -0.15) is 0 Å². The number of hydrogen-bond acceptors (Lipinski definition) is 3. The van der Waals surface area contributed by atoms with Crippen LogP contribution in [-0.4, -0.2) is 31.5 Å². The summed E-state index contributed by atoms with van der Waals surface area (Å²) < 4.78 is 11.8. The molecule has 0 spiro atoms. The van der Waals surface area contributed by atoms with E-state index in [0.29, 0.717) is 31.0 Å². The zero-order chi connectivity index (χ0) is 18.0. The van der Waals surface area contributed by atoms with E-state index in [-0.39, 0.29) is 23.7 Å². The average Bonchev–Trinajstić information content (AvgIpc) is 2.59. The van der Waals surface area contributed by atoms with Crippen LogP contribution >= 0.6 is 0 Å². The van der Waals surface area contributed by atoms with Crippen molar-refractivity contribution in [2.24, 2.45) is 23.2 Å². The molecule has 0 radical (unpaired) electrons. The number of allylic oxidation sites excluding steroid dienone is 1. The first-order valence-corrected chi connectivity index (χ1v) is 9.83. The molecular formula is C21H33NO3. The summed E-state index contributed by atoms with van der Waals surface area (Å²) in [5, 5.41) is 3.05. The Morgan fingerprint density at radius 3 is 2.80 bits per heavy atom. The number of carbonyl (C=O) groups is 1. The lowest BCUT2D eigenvalue weighted by atomic mass is 9.56. The monoisotopic (exact) mass is 347 g/mol. The van der Waals surface area contributed by atoms with Gasteiger partial charge in [-0.15, -0.1) is 6.58 Å². The molecule has 140 valence electrons. The summed E-state index contributed by atoms with van der Waals surface area (Å²) in [5.41, 5.74) is 1.22. The smallest absolute Gasteiger partial charge is 0.407 e. The normalized spacial score (nSPS) is 38.6. The zero-order valence-corrected chi connectivity index (χ0v) is 15.9. The van der Waals surface area contributed by atoms with Crippen LogP contribution in [0.5, 0.6) is 0 Å². The Balaban J connectivity index is 1.66. The summed E-state index contributed by atoms with van der Waals surface area (Å²) >= 11 is 0. The standard InChI is InChI=1S/C21H33NO3/c1-5-18-19-14(2)11-15(3)21(12-24-18,16(19)4)13-25-20(23)22-17-9-7-6-8-10-17/h5,11,15-19H,1,6-10,12-13H2,2-4H3,(H,22,23)/t15-,16-,18+,19-,21-/m1/s1. The van der Waals surface area contributed by atoms with Crippen molar-refractivity contribution in [3.63, 3.8) is 0 Å². The van der Waals surface area contributed by atoms with Crippen LogP contribution in [0.2, 0.25) is 0 Å². The maximum Gasteiger partial charge on any atom is 0.407 e. The molecule has 4 heteroatoms. The molecule has 0 unspecified atom stereocenters. The second-order valence-corrected chi connectivity index (χ2v) is 8.31. The summed E-state index contributed by atoms with van der Waals surface area (Å²) in [7, 11) is 0. The lowest BCUT2D eigenvalue weighted by Crippen LogP contribution is -2.56. The number of carbonyl (C=O) groups excluding carboxylic acids is 1. The molecule has 4 nitrogen and oxygen atoms in total. The molecule has 1 saturated carbocycles. The van der Waals surface area contributed by atoms with E-state index in [4.69, 9.17) is 9.47 Å². The van der Waals surface area contributed by atoms with Crippen molar-refractivity contribution in [1.82, 2.24) is 5.32 Å². The van der Waals surface area contributed by atoms with E-state index in [2.05, 4.69) is 38.7 Å². The number of ether oxygens (including phenoxy) is 2. The molecule has 1 saturated heterocycles. The molecule has 25 heavy (non-hydrogen) atoms. The Labute approximate surface area is 152 Å². The fraction of sp³-hybridized carbons (Fsp3) is 0.762. The van der Waals surface area contributed by atoms with Crippen LogP contribution in [0.1, 0.15) is 52.9 Å². The van der Waals surface area contributed by atoms with Crippen molar-refractivity contribution in [3.05, 3.63) is 24.3 Å². The van der Waals surface area contributed by atoms with E-state index in [1.807, 2.05) is 6.08 Å². The Morgan fingerprint density at radius 2 is 2.12 bits per heavy atom. The third kappa shape index (κ3) is 3.51. The number of alkyl carbamates (subject to hydrolysis) is 1. The topological polar surface area (TPSA) is 47.6 Å². The molecule has 1 heterocycles. The molecule has 3 aliphatic rings. The van der Waals surface area contributed by atoms with Gasteiger partial charge in [0.25, 0.3) is 0 Å². The molecule has 5 atom stereocenters. The SMILES string of the molecule is C=C[C@@H]1OC[C@@]2(COC(=O)NC3CCCCC3)[C@H](C)C=C(C)[C@@H]1[C@H]2C. The van der Waals surface area contributed by atoms with Gasteiger partial charge in [-0.25, -0.2) is 4.79 Å². The van der Waals surface area contributed by atoms with Crippen LogP contribution in [0.3, 0.4) is 0 Å². The van der Waals surface area contributed by atoms with Gasteiger partial charge < -0.3 is 14.8 Å². The highest BCUT2D eigenvalue weighted by Gasteiger charge is 2.53. The summed E-state index contributed by atoms with van der Waals surface area (Å²) in [6.45, 7) is 11.6. The highest BCUT2D eigenvalue weighted by atomic mass is 16.6. The van der Waals surface area contributed by atoms with E-state index in [1.54, 1.807) is 0 Å². The quantitative estimate of drug-likeness (QED) is 0.764. The van der Waals surface area contributed by atoms with Crippen LogP contribution in [0.25, 0.3) is 0 Å². The van der Waals surface area contributed by atoms with Crippen LogP contribution in [0, 0.1) is 23.2 Å². The number of amides is 1. The fourth-order valence-electron chi connectivity index (χ4n) is 5.17. The molecule has 1 aliphatic heterocycles. The van der Waals surface area contributed by atoms with Gasteiger partial charge in [-0.1, -0.05) is 50.8 Å². The van der Waals surface area contributed by atoms with Crippen LogP contribution in [0.4, 0.5) is 4.79 Å². The molecular weight excluding hydrogens is 314 g/mol. The fourth-order valence-corrected chi connectivity index (χ4v) is 5.17. The zero-order valence-electron chi connectivity index (χ0n) is 15.9. The van der Waals surface area contributed by atoms with E-state index in [1.165, 1.54) is 24.8 Å². The Hall–Kier alpha value is -1.29. The number of nitrogens with one attached hydrogen (secondary N) is 1. The first kappa shape index (κ1) is 18.5. The maximum absolute atomic E-state index is 12.3. The van der Waals surface area contributed by atoms with Gasteiger partial charge in [0.1, 0.15) is 6.61 Å². The lowest BCUT2D eigenvalue weighted by molar-refractivity contribution is -0.149. The van der Waals surface area contributed by atoms with Gasteiger partial charge >= 0.3 is 6.09 Å². The minimum Gasteiger partial charge on any atom is -0.449 e. The van der Waals surface area contributed by atoms with Crippen LogP contribution in [0.15, 0.2) is 24.3 Å². The van der Waals surface area contributed by atoms with Crippen molar-refractivity contribution in [2.75, 3.05) is 13.2 Å². The third-order valence-corrected chi connectivity index (χ3v) is 6.92. The number of fused-ring (bicyclic) bond motifs is 2. The van der Waals surface area contributed by atoms with Gasteiger partial charge in [0, 0.05) is 17.4 Å². The molecule has 1 N–H and O–H groups in total. The van der Waals surface area contributed by atoms with Crippen molar-refractivity contribution in [1.29, 1.82) is 0 Å². The first-order valence-electron chi connectivity index (χ1n) is 9.83. The molecule has 0 aromatic carbocycles. The van der Waals surface area contributed by atoms with Gasteiger partial charge in [0.05, 0.1) is 12.7 Å². The Morgan fingerprint density at radius 1 is 1.40 bits per heavy atom. The minimum absolute atomic E-state index is 0.0583. The minimum atomic E-state index is -0.269. The Bertz CT molecular complexity index is 537. The molecule has 0 aromatic rings. The second kappa shape index (κ2) is 7.53. The molecule has 0 aromatic heterocycles. The first-order chi connectivity index (χ1) is 12.0. The summed E-state index contributed by atoms with van der Waals surface area (Å²) in [4.78, 5) is 12.3. The molecule has 1 amide bonds. The Kier molecular flexibility index (Phi) is 5.57. The highest BCUT2D eigenvalue weighted by Crippen LogP contribution is 2.52. The van der Waals surface area contributed by atoms with E-state index in [0.717, 1.165) is 12.8 Å². The van der Waals surface area contributed by atoms with Crippen molar-refractivity contribution in [2.45, 2.75) is 65.0 Å². The predicted molar refractivity (Wildman–Crippen MR) is 99.3 cm³/mol. The molecule has 2 fully saturated rings. The van der Waals surface area contributed by atoms with E-state index < -0.39 is 0 Å². The van der Waals surface area contributed by atoms with Gasteiger partial charge in [0.2, 0.25) is 0 Å². The van der Waals surface area contributed by atoms with Crippen molar-refractivity contribution >= 4 is 6.09 Å². The van der Waals surface area contributed by atoms with Gasteiger partial charge in [-0.3, -0.25) is 0 Å². The lowest BCUT2D eigenvalue weighted by Gasteiger charge is -2.54. The summed E-state index contributed by atoms with van der Waals surface area (Å²) in [5.74, 6) is 1.05. The average molecular weight is 347 g/mol. The second-order valence-electron chi connectivity index (χ2n) is 8.31. The third-order valence-electron chi connectivity index (χ3n) is 6.92. The summed E-state index contributed by atoms with van der Waals surface area (Å²) in [6.07, 6.45) is 9.86. The number of rotatable bonds is 4. The van der Waals surface area contributed by atoms with Crippen molar-refractivity contribution < 1.29 is 14.3 Å². The predicted octanol–water partition coefficient (Wildman–Crippen LogP) is 4.46. The maximum atomic E-state index is 12.3. The van der Waals surface area contributed by atoms with E-state index in [9.17, 15) is 4.79 Å². The highest BCUT2D eigenvalue weighted by molar-refractivity contribution is 5.67.